The first-order chi connectivity index (χ1) is 13.0. The summed E-state index contributed by atoms with van der Waals surface area (Å²) in [7, 11) is 0. The van der Waals surface area contributed by atoms with E-state index < -0.39 is 30.4 Å². The molecule has 1 aliphatic heterocycles. The molecule has 7 heteroatoms. The van der Waals surface area contributed by atoms with Gasteiger partial charge in [0.15, 0.2) is 0 Å². The van der Waals surface area contributed by atoms with Gasteiger partial charge in [-0.2, -0.15) is 0 Å². The second kappa shape index (κ2) is 7.90. The van der Waals surface area contributed by atoms with E-state index in [0.29, 0.717) is 12.0 Å². The lowest BCUT2D eigenvalue weighted by atomic mass is 10.1. The number of urea groups is 1. The van der Waals surface area contributed by atoms with Gasteiger partial charge in [0.2, 0.25) is 0 Å². The number of aliphatic carboxylic acids is 1. The van der Waals surface area contributed by atoms with Gasteiger partial charge in [-0.05, 0) is 29.7 Å². The number of hydrogen-bond acceptors (Lipinski definition) is 4. The van der Waals surface area contributed by atoms with Crippen LogP contribution in [-0.2, 0) is 22.6 Å². The molecule has 0 saturated carbocycles. The fourth-order valence-corrected chi connectivity index (χ4v) is 3.13. The quantitative estimate of drug-likeness (QED) is 0.731. The maximum absolute atomic E-state index is 12.8. The maximum Gasteiger partial charge on any atom is 0.327 e. The van der Waals surface area contributed by atoms with Crippen LogP contribution in [0.3, 0.4) is 0 Å². The third kappa shape index (κ3) is 4.25. The van der Waals surface area contributed by atoms with Crippen LogP contribution in [0.5, 0.6) is 5.75 Å². The molecular weight excluding hydrogens is 348 g/mol. The highest BCUT2D eigenvalue weighted by Crippen LogP contribution is 2.24. The minimum atomic E-state index is -1.14. The van der Waals surface area contributed by atoms with Crippen LogP contribution < -0.4 is 0 Å². The number of aromatic hydroxyl groups is 1. The zero-order valence-corrected chi connectivity index (χ0v) is 14.6. The Morgan fingerprint density at radius 1 is 0.963 bits per heavy atom. The summed E-state index contributed by atoms with van der Waals surface area (Å²) in [6.07, 6.45) is 0.0651. The van der Waals surface area contributed by atoms with E-state index in [9.17, 15) is 19.5 Å². The summed E-state index contributed by atoms with van der Waals surface area (Å²) in [6, 6.07) is 14.2. The number of carbonyl (C=O) groups excluding carboxylic acids is 2. The van der Waals surface area contributed by atoms with Gasteiger partial charge in [0.25, 0.3) is 5.91 Å². The van der Waals surface area contributed by atoms with Crippen molar-refractivity contribution >= 4 is 17.9 Å². The third-order valence-electron chi connectivity index (χ3n) is 4.53. The van der Waals surface area contributed by atoms with Gasteiger partial charge in [-0.25, -0.2) is 4.79 Å². The summed E-state index contributed by atoms with van der Waals surface area (Å²) in [5, 5.41) is 18.5. The fraction of sp³-hybridized carbons (Fsp3) is 0.250. The predicted molar refractivity (Wildman–Crippen MR) is 96.9 cm³/mol. The second-order valence-electron chi connectivity index (χ2n) is 6.42. The van der Waals surface area contributed by atoms with E-state index in [4.69, 9.17) is 5.11 Å². The lowest BCUT2D eigenvalue weighted by Gasteiger charge is -2.21. The molecule has 0 bridgehead atoms. The zero-order valence-electron chi connectivity index (χ0n) is 14.6. The van der Waals surface area contributed by atoms with Crippen LogP contribution in [0.4, 0.5) is 4.79 Å². The first-order valence-corrected chi connectivity index (χ1v) is 8.61. The third-order valence-corrected chi connectivity index (χ3v) is 4.53. The van der Waals surface area contributed by atoms with Gasteiger partial charge in [0.1, 0.15) is 11.8 Å². The average molecular weight is 368 g/mol. The fourth-order valence-electron chi connectivity index (χ4n) is 3.13. The number of amides is 3. The summed E-state index contributed by atoms with van der Waals surface area (Å²) < 4.78 is 0. The average Bonchev–Trinajstić information content (AvgIpc) is 2.86. The zero-order chi connectivity index (χ0) is 19.4. The minimum Gasteiger partial charge on any atom is -0.508 e. The molecule has 7 nitrogen and oxygen atoms in total. The largest absolute Gasteiger partial charge is 0.508 e. The van der Waals surface area contributed by atoms with Crippen molar-refractivity contribution in [3.05, 3.63) is 65.7 Å². The molecule has 0 aromatic heterocycles. The van der Waals surface area contributed by atoms with Crippen LogP contribution in [0.25, 0.3) is 0 Å². The van der Waals surface area contributed by atoms with Crippen LogP contribution in [-0.4, -0.2) is 50.5 Å². The van der Waals surface area contributed by atoms with Crippen molar-refractivity contribution in [1.82, 2.24) is 9.80 Å². The van der Waals surface area contributed by atoms with Crippen LogP contribution >= 0.6 is 0 Å². The van der Waals surface area contributed by atoms with E-state index in [2.05, 4.69) is 0 Å². The minimum absolute atomic E-state index is 0.0918. The Bertz CT molecular complexity index is 835. The Hall–Kier alpha value is -3.35. The Balaban J connectivity index is 1.77. The molecule has 1 fully saturated rings. The van der Waals surface area contributed by atoms with Gasteiger partial charge in [-0.1, -0.05) is 42.5 Å². The summed E-state index contributed by atoms with van der Waals surface area (Å²) >= 11 is 0. The molecule has 0 unspecified atom stereocenters. The van der Waals surface area contributed by atoms with Gasteiger partial charge in [0.05, 0.1) is 6.42 Å². The number of hydrogen-bond donors (Lipinski definition) is 2. The molecule has 0 aliphatic carbocycles. The number of imide groups is 1. The monoisotopic (exact) mass is 368 g/mol. The molecule has 2 aromatic carbocycles. The van der Waals surface area contributed by atoms with E-state index in [-0.39, 0.29) is 18.8 Å². The standard InChI is InChI=1S/C20H20N2O5/c23-16-8-6-15(7-9-16)13-22-17(12-18(24)25)19(26)21(20(22)27)11-10-14-4-2-1-3-5-14/h1-9,17,23H,10-13H2,(H,24,25)/t17-/m0/s1. The van der Waals surface area contributed by atoms with Crippen molar-refractivity contribution in [1.29, 1.82) is 0 Å². The molecule has 2 aromatic rings. The van der Waals surface area contributed by atoms with E-state index in [1.165, 1.54) is 17.0 Å². The van der Waals surface area contributed by atoms with E-state index >= 15 is 0 Å². The van der Waals surface area contributed by atoms with Crippen molar-refractivity contribution in [2.24, 2.45) is 0 Å². The first kappa shape index (κ1) is 18.4. The Labute approximate surface area is 156 Å². The molecule has 3 rings (SSSR count). The molecule has 1 aliphatic rings. The SMILES string of the molecule is O=C(O)C[C@H]1C(=O)N(CCc2ccccc2)C(=O)N1Cc1ccc(O)cc1. The first-order valence-electron chi connectivity index (χ1n) is 8.61. The van der Waals surface area contributed by atoms with E-state index in [1.54, 1.807) is 12.1 Å². The summed E-state index contributed by atoms with van der Waals surface area (Å²) in [4.78, 5) is 39.1. The highest BCUT2D eigenvalue weighted by atomic mass is 16.4. The Morgan fingerprint density at radius 2 is 1.63 bits per heavy atom. The van der Waals surface area contributed by atoms with Crippen LogP contribution in [0.15, 0.2) is 54.6 Å². The molecule has 1 atom stereocenters. The van der Waals surface area contributed by atoms with Crippen molar-refractivity contribution in [3.63, 3.8) is 0 Å². The molecule has 2 N–H and O–H groups in total. The lowest BCUT2D eigenvalue weighted by Crippen LogP contribution is -2.36. The van der Waals surface area contributed by atoms with Crippen molar-refractivity contribution in [3.8, 4) is 5.75 Å². The van der Waals surface area contributed by atoms with Gasteiger partial charge in [-0.3, -0.25) is 14.5 Å². The molecule has 1 heterocycles. The van der Waals surface area contributed by atoms with Crippen molar-refractivity contribution in [2.75, 3.05) is 6.54 Å². The number of rotatable bonds is 7. The van der Waals surface area contributed by atoms with Crippen molar-refractivity contribution in [2.45, 2.75) is 25.4 Å². The van der Waals surface area contributed by atoms with Gasteiger partial charge in [-0.15, -0.1) is 0 Å². The normalized spacial score (nSPS) is 16.8. The van der Waals surface area contributed by atoms with E-state index in [1.807, 2.05) is 30.3 Å². The molecule has 0 radical (unpaired) electrons. The number of nitrogens with zero attached hydrogens (tertiary/aromatic N) is 2. The van der Waals surface area contributed by atoms with Crippen molar-refractivity contribution < 1.29 is 24.6 Å². The Kier molecular flexibility index (Phi) is 5.40. The number of phenols is 1. The number of carbonyl (C=O) groups is 3. The molecule has 0 spiro atoms. The number of benzene rings is 2. The molecule has 1 saturated heterocycles. The number of phenolic OH excluding ortho intramolecular Hbond substituents is 1. The van der Waals surface area contributed by atoms with Crippen LogP contribution in [0.2, 0.25) is 0 Å². The predicted octanol–water partition coefficient (Wildman–Crippen LogP) is 2.24. The topological polar surface area (TPSA) is 98.2 Å². The van der Waals surface area contributed by atoms with Gasteiger partial charge >= 0.3 is 12.0 Å². The maximum atomic E-state index is 12.8. The highest BCUT2D eigenvalue weighted by Gasteiger charge is 2.45. The van der Waals surface area contributed by atoms with Crippen LogP contribution in [0, 0.1) is 0 Å². The summed E-state index contributed by atoms with van der Waals surface area (Å²) in [6.45, 7) is 0.300. The van der Waals surface area contributed by atoms with Crippen LogP contribution in [0.1, 0.15) is 17.5 Å². The summed E-state index contributed by atoms with van der Waals surface area (Å²) in [5.41, 5.74) is 1.69. The van der Waals surface area contributed by atoms with Gasteiger partial charge < -0.3 is 15.1 Å². The molecule has 27 heavy (non-hydrogen) atoms. The highest BCUT2D eigenvalue weighted by molar-refractivity contribution is 6.05. The van der Waals surface area contributed by atoms with Gasteiger partial charge in [0, 0.05) is 13.1 Å². The molecule has 3 amide bonds. The summed E-state index contributed by atoms with van der Waals surface area (Å²) in [5.74, 6) is -1.53. The number of carboxylic acids is 1. The molecule has 140 valence electrons. The molecular formula is C20H20N2O5. The Morgan fingerprint density at radius 3 is 2.26 bits per heavy atom. The smallest absolute Gasteiger partial charge is 0.327 e. The lowest BCUT2D eigenvalue weighted by molar-refractivity contribution is -0.141. The van der Waals surface area contributed by atoms with E-state index in [0.717, 1.165) is 10.5 Å². The second-order valence-corrected chi connectivity index (χ2v) is 6.42. The number of carboxylic acid groups (broad SMARTS) is 1.